The average Bonchev–Trinajstić information content (AvgIpc) is 2.40. The molecule has 2 rings (SSSR count). The van der Waals surface area contributed by atoms with Crippen molar-refractivity contribution >= 4 is 5.71 Å². The van der Waals surface area contributed by atoms with E-state index < -0.39 is 0 Å². The summed E-state index contributed by atoms with van der Waals surface area (Å²) < 4.78 is 0. The Balaban J connectivity index is 1.90. The van der Waals surface area contributed by atoms with Crippen molar-refractivity contribution in [2.75, 3.05) is 13.1 Å². The summed E-state index contributed by atoms with van der Waals surface area (Å²) in [5, 5.41) is 12.4. The van der Waals surface area contributed by atoms with Crippen molar-refractivity contribution in [3.05, 3.63) is 35.9 Å². The zero-order valence-corrected chi connectivity index (χ0v) is 11.3. The monoisotopic (exact) mass is 247 g/mol. The normalized spacial score (nSPS) is 30.6. The van der Waals surface area contributed by atoms with E-state index in [-0.39, 0.29) is 0 Å². The summed E-state index contributed by atoms with van der Waals surface area (Å²) >= 11 is 0. The molecule has 0 spiro atoms. The highest BCUT2D eigenvalue weighted by Gasteiger charge is 2.31. The van der Waals surface area contributed by atoms with Crippen LogP contribution in [-0.2, 0) is 6.42 Å². The third-order valence-electron chi connectivity index (χ3n) is 4.06. The van der Waals surface area contributed by atoms with Crippen molar-refractivity contribution in [2.45, 2.75) is 32.7 Å². The van der Waals surface area contributed by atoms with E-state index in [4.69, 9.17) is 5.21 Å². The Morgan fingerprint density at radius 1 is 1.28 bits per heavy atom. The van der Waals surface area contributed by atoms with Gasteiger partial charge in [0.2, 0.25) is 0 Å². The first-order chi connectivity index (χ1) is 8.70. The Hall–Kier alpha value is -1.35. The van der Waals surface area contributed by atoms with Crippen LogP contribution < -0.4 is 4.90 Å². The third kappa shape index (κ3) is 3.10. The summed E-state index contributed by atoms with van der Waals surface area (Å²) in [5.41, 5.74) is 2.37. The summed E-state index contributed by atoms with van der Waals surface area (Å²) in [6, 6.07) is 11.2. The largest absolute Gasteiger partial charge is 0.411 e. The van der Waals surface area contributed by atoms with Crippen molar-refractivity contribution in [1.29, 1.82) is 0 Å². The number of oxime groups is 1. The molecule has 1 fully saturated rings. The molecule has 3 atom stereocenters. The van der Waals surface area contributed by atoms with Crippen LogP contribution in [0.4, 0.5) is 0 Å². The van der Waals surface area contributed by atoms with Crippen LogP contribution in [0.15, 0.2) is 35.5 Å². The molecule has 1 saturated heterocycles. The number of hydrogen-bond acceptors (Lipinski definition) is 2. The first-order valence-corrected chi connectivity index (χ1v) is 6.80. The summed E-state index contributed by atoms with van der Waals surface area (Å²) in [7, 11) is 0. The van der Waals surface area contributed by atoms with Crippen LogP contribution in [0.5, 0.6) is 0 Å². The number of rotatable bonds is 3. The molecule has 3 nitrogen and oxygen atoms in total. The van der Waals surface area contributed by atoms with Gasteiger partial charge in [-0.25, -0.2) is 0 Å². The maximum absolute atomic E-state index is 8.95. The van der Waals surface area contributed by atoms with E-state index in [0.29, 0.717) is 12.0 Å². The van der Waals surface area contributed by atoms with Gasteiger partial charge >= 0.3 is 0 Å². The van der Waals surface area contributed by atoms with Crippen LogP contribution in [0.3, 0.4) is 0 Å². The molecule has 1 heterocycles. The number of hydrogen-bond donors (Lipinski definition) is 2. The standard InChI is InChI=1S/C15H22N2O/c1-12-11-17(13(2)10-15(12)16-18)9-8-14-6-4-3-5-7-14/h3-7,12-13,18H,8-11H2,1-2H3/p+1/b16-15+/t12-,13-/m1/s1. The lowest BCUT2D eigenvalue weighted by Crippen LogP contribution is -3.17. The van der Waals surface area contributed by atoms with E-state index in [2.05, 4.69) is 49.3 Å². The molecule has 98 valence electrons. The van der Waals surface area contributed by atoms with Crippen molar-refractivity contribution in [3.63, 3.8) is 0 Å². The van der Waals surface area contributed by atoms with Gasteiger partial charge in [-0.3, -0.25) is 0 Å². The lowest BCUT2D eigenvalue weighted by molar-refractivity contribution is -0.927. The molecule has 3 heteroatoms. The smallest absolute Gasteiger partial charge is 0.0900 e. The maximum Gasteiger partial charge on any atom is 0.0900 e. The zero-order valence-electron chi connectivity index (χ0n) is 11.3. The molecule has 18 heavy (non-hydrogen) atoms. The number of quaternary nitrogens is 1. The van der Waals surface area contributed by atoms with Crippen LogP contribution in [-0.4, -0.2) is 30.1 Å². The summed E-state index contributed by atoms with van der Waals surface area (Å²) in [4.78, 5) is 1.62. The first-order valence-electron chi connectivity index (χ1n) is 6.80. The molecule has 0 saturated carbocycles. The van der Waals surface area contributed by atoms with Crippen molar-refractivity contribution in [3.8, 4) is 0 Å². The average molecular weight is 247 g/mol. The molecule has 0 amide bonds. The lowest BCUT2D eigenvalue weighted by atomic mass is 9.92. The number of benzene rings is 1. The molecule has 0 aliphatic carbocycles. The fourth-order valence-corrected chi connectivity index (χ4v) is 2.81. The maximum atomic E-state index is 8.95. The molecule has 2 N–H and O–H groups in total. The van der Waals surface area contributed by atoms with Crippen LogP contribution in [0.25, 0.3) is 0 Å². The van der Waals surface area contributed by atoms with Crippen molar-refractivity contribution in [1.82, 2.24) is 0 Å². The van der Waals surface area contributed by atoms with Gasteiger partial charge in [0.1, 0.15) is 0 Å². The van der Waals surface area contributed by atoms with Gasteiger partial charge in [-0.2, -0.15) is 0 Å². The molecule has 1 aliphatic rings. The Kier molecular flexibility index (Phi) is 4.37. The van der Waals surface area contributed by atoms with Gasteiger partial charge in [-0.1, -0.05) is 42.4 Å². The number of nitrogens with zero attached hydrogens (tertiary/aromatic N) is 1. The summed E-state index contributed by atoms with van der Waals surface area (Å²) in [6.07, 6.45) is 2.04. The van der Waals surface area contributed by atoms with Crippen LogP contribution in [0.2, 0.25) is 0 Å². The van der Waals surface area contributed by atoms with Crippen LogP contribution in [0.1, 0.15) is 25.8 Å². The van der Waals surface area contributed by atoms with E-state index in [0.717, 1.165) is 31.6 Å². The third-order valence-corrected chi connectivity index (χ3v) is 4.06. The van der Waals surface area contributed by atoms with E-state index in [9.17, 15) is 0 Å². The number of likely N-dealkylation sites (tertiary alicyclic amines) is 1. The molecule has 0 aromatic heterocycles. The molecule has 0 bridgehead atoms. The Morgan fingerprint density at radius 3 is 2.67 bits per heavy atom. The topological polar surface area (TPSA) is 37.0 Å². The zero-order chi connectivity index (χ0) is 13.0. The Morgan fingerprint density at radius 2 is 2.00 bits per heavy atom. The highest BCUT2D eigenvalue weighted by molar-refractivity contribution is 5.86. The number of piperidine rings is 1. The van der Waals surface area contributed by atoms with Crippen LogP contribution >= 0.6 is 0 Å². The highest BCUT2D eigenvalue weighted by atomic mass is 16.4. The fourth-order valence-electron chi connectivity index (χ4n) is 2.81. The molecule has 1 aromatic carbocycles. The SMILES string of the molecule is C[C@@H]1C[NH+](CCc2ccccc2)[C@H](C)C/C1=N\O. The van der Waals surface area contributed by atoms with Crippen molar-refractivity contribution < 1.29 is 10.1 Å². The van der Waals surface area contributed by atoms with E-state index in [1.54, 1.807) is 4.90 Å². The minimum Gasteiger partial charge on any atom is -0.411 e. The predicted molar refractivity (Wildman–Crippen MR) is 73.3 cm³/mol. The van der Waals surface area contributed by atoms with E-state index in [1.165, 1.54) is 5.56 Å². The molecule has 1 aromatic rings. The quantitative estimate of drug-likeness (QED) is 0.614. The van der Waals surface area contributed by atoms with Gasteiger partial charge < -0.3 is 10.1 Å². The minimum absolute atomic E-state index is 0.400. The van der Waals surface area contributed by atoms with Gasteiger partial charge in [-0.05, 0) is 12.5 Å². The van der Waals surface area contributed by atoms with E-state index in [1.807, 2.05) is 0 Å². The molecular formula is C15H23N2O+. The second kappa shape index (κ2) is 6.01. The summed E-state index contributed by atoms with van der Waals surface area (Å²) in [5.74, 6) is 0.400. The Labute approximate surface area is 109 Å². The van der Waals surface area contributed by atoms with Gasteiger partial charge in [0.05, 0.1) is 24.8 Å². The predicted octanol–water partition coefficient (Wildman–Crippen LogP) is 1.37. The molecule has 1 unspecified atom stereocenters. The van der Waals surface area contributed by atoms with Crippen molar-refractivity contribution in [2.24, 2.45) is 11.1 Å². The summed E-state index contributed by atoms with van der Waals surface area (Å²) in [6.45, 7) is 6.64. The molecular weight excluding hydrogens is 224 g/mol. The molecule has 0 radical (unpaired) electrons. The van der Waals surface area contributed by atoms with Gasteiger partial charge in [0.25, 0.3) is 0 Å². The lowest BCUT2D eigenvalue weighted by Gasteiger charge is -2.34. The fraction of sp³-hybridized carbons (Fsp3) is 0.533. The minimum atomic E-state index is 0.400. The highest BCUT2D eigenvalue weighted by Crippen LogP contribution is 2.08. The number of nitrogens with one attached hydrogen (secondary N) is 1. The Bertz CT molecular complexity index is 402. The molecule has 1 aliphatic heterocycles. The van der Waals surface area contributed by atoms with Gasteiger partial charge in [-0.15, -0.1) is 0 Å². The second-order valence-corrected chi connectivity index (χ2v) is 5.45. The second-order valence-electron chi connectivity index (χ2n) is 5.45. The van der Waals surface area contributed by atoms with E-state index >= 15 is 0 Å². The van der Waals surface area contributed by atoms with Gasteiger partial charge in [0, 0.05) is 18.8 Å². The van der Waals surface area contributed by atoms with Gasteiger partial charge in [0.15, 0.2) is 0 Å². The van der Waals surface area contributed by atoms with Crippen LogP contribution in [0, 0.1) is 5.92 Å². The first kappa shape index (κ1) is 13.1.